The van der Waals surface area contributed by atoms with Crippen molar-refractivity contribution in [3.05, 3.63) is 54.1 Å². The van der Waals surface area contributed by atoms with E-state index in [0.29, 0.717) is 18.8 Å². The number of nitrogens with zero attached hydrogens (tertiary/aromatic N) is 1. The first-order valence-corrected chi connectivity index (χ1v) is 10.6. The predicted molar refractivity (Wildman–Crippen MR) is 107 cm³/mol. The molecule has 0 spiro atoms. The van der Waals surface area contributed by atoms with E-state index in [1.807, 2.05) is 31.2 Å². The largest absolute Gasteiger partial charge is 0.376 e. The second-order valence-corrected chi connectivity index (χ2v) is 8.65. The van der Waals surface area contributed by atoms with Gasteiger partial charge in [-0.05, 0) is 49.6 Å². The SMILES string of the molecule is Cc1ccccc1NC(=O)CNc1cccc(S(=O)(=O)N2CCCCC2)c1. The minimum atomic E-state index is -3.48. The van der Waals surface area contributed by atoms with Gasteiger partial charge in [0.2, 0.25) is 15.9 Å². The lowest BCUT2D eigenvalue weighted by molar-refractivity contribution is -0.114. The van der Waals surface area contributed by atoms with Crippen LogP contribution in [0.25, 0.3) is 0 Å². The van der Waals surface area contributed by atoms with Crippen LogP contribution in [0.3, 0.4) is 0 Å². The van der Waals surface area contributed by atoms with Gasteiger partial charge in [0.05, 0.1) is 11.4 Å². The summed E-state index contributed by atoms with van der Waals surface area (Å²) < 4.78 is 27.1. The third kappa shape index (κ3) is 4.87. The van der Waals surface area contributed by atoms with E-state index in [-0.39, 0.29) is 17.3 Å². The number of hydrogen-bond donors (Lipinski definition) is 2. The summed E-state index contributed by atoms with van der Waals surface area (Å²) in [5, 5.41) is 5.85. The summed E-state index contributed by atoms with van der Waals surface area (Å²) in [6, 6.07) is 14.2. The minimum absolute atomic E-state index is 0.0571. The van der Waals surface area contributed by atoms with Gasteiger partial charge in [-0.3, -0.25) is 4.79 Å². The molecule has 144 valence electrons. The third-order valence-corrected chi connectivity index (χ3v) is 6.55. The Labute approximate surface area is 160 Å². The number of carbonyl (C=O) groups excluding carboxylic acids is 1. The lowest BCUT2D eigenvalue weighted by atomic mass is 10.2. The van der Waals surface area contributed by atoms with Gasteiger partial charge < -0.3 is 10.6 Å². The highest BCUT2D eigenvalue weighted by molar-refractivity contribution is 7.89. The highest BCUT2D eigenvalue weighted by atomic mass is 32.2. The Morgan fingerprint density at radius 2 is 1.78 bits per heavy atom. The highest BCUT2D eigenvalue weighted by Gasteiger charge is 2.25. The zero-order valence-electron chi connectivity index (χ0n) is 15.4. The summed E-state index contributed by atoms with van der Waals surface area (Å²) in [5.74, 6) is -0.186. The second kappa shape index (κ2) is 8.54. The predicted octanol–water partition coefficient (Wildman–Crippen LogP) is 3.22. The van der Waals surface area contributed by atoms with Crippen LogP contribution in [-0.2, 0) is 14.8 Å². The number of piperidine rings is 1. The molecule has 2 aromatic rings. The molecule has 0 radical (unpaired) electrons. The maximum atomic E-state index is 12.8. The molecule has 1 amide bonds. The van der Waals surface area contributed by atoms with Crippen LogP contribution in [0.4, 0.5) is 11.4 Å². The number of benzene rings is 2. The molecule has 1 fully saturated rings. The first-order chi connectivity index (χ1) is 13.0. The van der Waals surface area contributed by atoms with Gasteiger partial charge in [-0.1, -0.05) is 30.7 Å². The Morgan fingerprint density at radius 1 is 1.04 bits per heavy atom. The van der Waals surface area contributed by atoms with E-state index < -0.39 is 10.0 Å². The molecule has 3 rings (SSSR count). The summed E-state index contributed by atoms with van der Waals surface area (Å²) >= 11 is 0. The molecule has 0 saturated carbocycles. The van der Waals surface area contributed by atoms with Crippen molar-refractivity contribution in [2.24, 2.45) is 0 Å². The van der Waals surface area contributed by atoms with Crippen molar-refractivity contribution in [3.63, 3.8) is 0 Å². The molecule has 0 bridgehead atoms. The van der Waals surface area contributed by atoms with Crippen LogP contribution in [-0.4, -0.2) is 38.3 Å². The number of amides is 1. The summed E-state index contributed by atoms with van der Waals surface area (Å²) in [6.07, 6.45) is 2.87. The molecule has 0 aliphatic carbocycles. The molecule has 6 nitrogen and oxygen atoms in total. The maximum absolute atomic E-state index is 12.8. The summed E-state index contributed by atoms with van der Waals surface area (Å²) in [7, 11) is -3.48. The fourth-order valence-electron chi connectivity index (χ4n) is 3.11. The Morgan fingerprint density at radius 3 is 2.52 bits per heavy atom. The summed E-state index contributed by atoms with van der Waals surface area (Å²) in [5.41, 5.74) is 2.36. The molecule has 2 N–H and O–H groups in total. The third-order valence-electron chi connectivity index (χ3n) is 4.66. The Bertz CT molecular complexity index is 906. The van der Waals surface area contributed by atoms with Crippen molar-refractivity contribution in [2.45, 2.75) is 31.1 Å². The van der Waals surface area contributed by atoms with Crippen molar-refractivity contribution in [3.8, 4) is 0 Å². The summed E-state index contributed by atoms with van der Waals surface area (Å²) in [6.45, 7) is 3.12. The van der Waals surface area contributed by atoms with Gasteiger partial charge in [0.15, 0.2) is 0 Å². The average molecular weight is 388 g/mol. The molecule has 1 heterocycles. The monoisotopic (exact) mass is 387 g/mol. The molecular formula is C20H25N3O3S. The zero-order valence-corrected chi connectivity index (χ0v) is 16.3. The molecule has 2 aromatic carbocycles. The van der Waals surface area contributed by atoms with E-state index in [2.05, 4.69) is 10.6 Å². The van der Waals surface area contributed by atoms with Crippen LogP contribution in [0.15, 0.2) is 53.4 Å². The number of aryl methyl sites for hydroxylation is 1. The van der Waals surface area contributed by atoms with Crippen molar-refractivity contribution in [2.75, 3.05) is 30.3 Å². The van der Waals surface area contributed by atoms with Gasteiger partial charge >= 0.3 is 0 Å². The van der Waals surface area contributed by atoms with Crippen LogP contribution in [0.5, 0.6) is 0 Å². The quantitative estimate of drug-likeness (QED) is 0.798. The van der Waals surface area contributed by atoms with Crippen molar-refractivity contribution in [1.82, 2.24) is 4.31 Å². The van der Waals surface area contributed by atoms with Gasteiger partial charge in [-0.25, -0.2) is 8.42 Å². The number of hydrogen-bond acceptors (Lipinski definition) is 4. The minimum Gasteiger partial charge on any atom is -0.376 e. The van der Waals surface area contributed by atoms with Crippen LogP contribution >= 0.6 is 0 Å². The van der Waals surface area contributed by atoms with E-state index >= 15 is 0 Å². The molecule has 0 aromatic heterocycles. The molecule has 1 aliphatic rings. The van der Waals surface area contributed by atoms with Crippen LogP contribution in [0.1, 0.15) is 24.8 Å². The van der Waals surface area contributed by atoms with Crippen molar-refractivity contribution in [1.29, 1.82) is 0 Å². The average Bonchev–Trinajstić information content (AvgIpc) is 2.69. The molecular weight excluding hydrogens is 362 g/mol. The van der Waals surface area contributed by atoms with Crippen LogP contribution in [0.2, 0.25) is 0 Å². The number of sulfonamides is 1. The maximum Gasteiger partial charge on any atom is 0.243 e. The Kier molecular flexibility index (Phi) is 6.13. The normalized spacial score (nSPS) is 15.3. The topological polar surface area (TPSA) is 78.5 Å². The highest BCUT2D eigenvalue weighted by Crippen LogP contribution is 2.23. The Hall–Kier alpha value is -2.38. The van der Waals surface area contributed by atoms with Crippen molar-refractivity contribution < 1.29 is 13.2 Å². The summed E-state index contributed by atoms with van der Waals surface area (Å²) in [4.78, 5) is 12.4. The molecule has 1 saturated heterocycles. The smallest absolute Gasteiger partial charge is 0.243 e. The molecule has 1 aliphatic heterocycles. The van der Waals surface area contributed by atoms with Crippen molar-refractivity contribution >= 4 is 27.3 Å². The lowest BCUT2D eigenvalue weighted by Gasteiger charge is -2.26. The van der Waals surface area contributed by atoms with Crippen LogP contribution in [0, 0.1) is 6.92 Å². The van der Waals surface area contributed by atoms with Gasteiger partial charge in [0.1, 0.15) is 0 Å². The van der Waals surface area contributed by atoms with Gasteiger partial charge in [0.25, 0.3) is 0 Å². The number of para-hydroxylation sites is 1. The lowest BCUT2D eigenvalue weighted by Crippen LogP contribution is -2.35. The van der Waals surface area contributed by atoms with Gasteiger partial charge in [-0.15, -0.1) is 0 Å². The van der Waals surface area contributed by atoms with E-state index in [4.69, 9.17) is 0 Å². The molecule has 7 heteroatoms. The fourth-order valence-corrected chi connectivity index (χ4v) is 4.67. The number of anilines is 2. The Balaban J connectivity index is 1.64. The molecule has 0 atom stereocenters. The number of carbonyl (C=O) groups is 1. The number of rotatable bonds is 6. The van der Waals surface area contributed by atoms with Gasteiger partial charge in [-0.2, -0.15) is 4.31 Å². The zero-order chi connectivity index (χ0) is 19.3. The first kappa shape index (κ1) is 19.4. The standard InChI is InChI=1S/C20H25N3O3S/c1-16-8-3-4-11-19(16)22-20(24)15-21-17-9-7-10-18(14-17)27(25,26)23-12-5-2-6-13-23/h3-4,7-11,14,21H,2,5-6,12-13,15H2,1H3,(H,22,24). The van der Waals surface area contributed by atoms with Gasteiger partial charge in [0, 0.05) is 24.5 Å². The van der Waals surface area contributed by atoms with E-state index in [0.717, 1.165) is 30.5 Å². The first-order valence-electron chi connectivity index (χ1n) is 9.16. The van der Waals surface area contributed by atoms with E-state index in [9.17, 15) is 13.2 Å². The van der Waals surface area contributed by atoms with E-state index in [1.165, 1.54) is 0 Å². The fraction of sp³-hybridized carbons (Fsp3) is 0.350. The second-order valence-electron chi connectivity index (χ2n) is 6.71. The molecule has 0 unspecified atom stereocenters. The molecule has 27 heavy (non-hydrogen) atoms. The number of nitrogens with one attached hydrogen (secondary N) is 2. The van der Waals surface area contributed by atoms with E-state index in [1.54, 1.807) is 28.6 Å². The van der Waals surface area contributed by atoms with Crippen LogP contribution < -0.4 is 10.6 Å².